The van der Waals surface area contributed by atoms with Gasteiger partial charge in [-0.25, -0.2) is 4.79 Å². The molecule has 2 aromatic carbocycles. The van der Waals surface area contributed by atoms with Gasteiger partial charge in [0.05, 0.1) is 6.26 Å². The van der Waals surface area contributed by atoms with Crippen LogP contribution >= 0.6 is 0 Å². The molecule has 0 spiro atoms. The second-order valence-corrected chi connectivity index (χ2v) is 4.67. The molecule has 0 saturated heterocycles. The van der Waals surface area contributed by atoms with Crippen LogP contribution < -0.4 is 4.74 Å². The van der Waals surface area contributed by atoms with Gasteiger partial charge in [0.2, 0.25) is 0 Å². The largest absolute Gasteiger partial charge is 0.515 e. The van der Waals surface area contributed by atoms with Crippen LogP contribution in [0.5, 0.6) is 5.75 Å². The van der Waals surface area contributed by atoms with Gasteiger partial charge in [-0.3, -0.25) is 4.79 Å². The van der Waals surface area contributed by atoms with Crippen molar-refractivity contribution in [2.24, 2.45) is 0 Å². The van der Waals surface area contributed by atoms with Gasteiger partial charge in [-0.1, -0.05) is 42.5 Å². The van der Waals surface area contributed by atoms with Crippen molar-refractivity contribution in [2.75, 3.05) is 0 Å². The van der Waals surface area contributed by atoms with E-state index in [2.05, 4.69) is 0 Å². The highest BCUT2D eigenvalue weighted by Gasteiger charge is 2.11. The molecule has 5 heteroatoms. The molecule has 0 fully saturated rings. The highest BCUT2D eigenvalue weighted by atomic mass is 16.5. The van der Waals surface area contributed by atoms with Crippen LogP contribution in [0, 0.1) is 0 Å². The maximum Gasteiger partial charge on any atom is 0.379 e. The smallest absolute Gasteiger partial charge is 0.379 e. The molecule has 5 nitrogen and oxygen atoms in total. The summed E-state index contributed by atoms with van der Waals surface area (Å²) in [5.74, 6) is -1.22. The van der Waals surface area contributed by atoms with Crippen molar-refractivity contribution >= 4 is 11.8 Å². The second-order valence-electron chi connectivity index (χ2n) is 4.67. The minimum absolute atomic E-state index is 0.0250. The molecular weight excluding hydrogens is 296 g/mol. The lowest BCUT2D eigenvalue weighted by Gasteiger charge is -2.07. The van der Waals surface area contributed by atoms with Gasteiger partial charge in [-0.05, 0) is 23.3 Å². The molecule has 0 aromatic heterocycles. The third kappa shape index (κ3) is 5.32. The lowest BCUT2D eigenvalue weighted by Crippen LogP contribution is -2.14. The molecule has 0 aliphatic heterocycles. The summed E-state index contributed by atoms with van der Waals surface area (Å²) in [6.45, 7) is 0.444. The Morgan fingerprint density at radius 3 is 2.22 bits per heavy atom. The molecule has 0 bridgehead atoms. The SMILES string of the molecule is O=C(/C=C\O)C(=O)OCc1ccc(OCc2ccccc2)cc1. The standard InChI is InChI=1S/C18H16O5/c19-11-10-17(20)18(21)23-13-15-6-8-16(9-7-15)22-12-14-4-2-1-3-5-14/h1-11,19H,12-13H2/b11-10-. The van der Waals surface area contributed by atoms with Gasteiger partial charge in [0.15, 0.2) is 0 Å². The average molecular weight is 312 g/mol. The van der Waals surface area contributed by atoms with Gasteiger partial charge >= 0.3 is 5.97 Å². The first-order valence-corrected chi connectivity index (χ1v) is 6.96. The molecule has 23 heavy (non-hydrogen) atoms. The maximum atomic E-state index is 11.3. The van der Waals surface area contributed by atoms with E-state index in [1.54, 1.807) is 24.3 Å². The van der Waals surface area contributed by atoms with E-state index in [-0.39, 0.29) is 6.61 Å². The van der Waals surface area contributed by atoms with Gasteiger partial charge in [-0.15, -0.1) is 0 Å². The highest BCUT2D eigenvalue weighted by Crippen LogP contribution is 2.15. The van der Waals surface area contributed by atoms with Crippen LogP contribution in [0.4, 0.5) is 0 Å². The summed E-state index contributed by atoms with van der Waals surface area (Å²) in [5, 5.41) is 8.41. The Labute approximate surface area is 133 Å². The number of carbonyl (C=O) groups is 2. The third-order valence-corrected chi connectivity index (χ3v) is 2.97. The summed E-state index contributed by atoms with van der Waals surface area (Å²) in [4.78, 5) is 22.4. The van der Waals surface area contributed by atoms with E-state index in [0.29, 0.717) is 18.6 Å². The lowest BCUT2D eigenvalue weighted by molar-refractivity contribution is -0.152. The van der Waals surface area contributed by atoms with Gasteiger partial charge in [0.25, 0.3) is 5.78 Å². The third-order valence-electron chi connectivity index (χ3n) is 2.97. The van der Waals surface area contributed by atoms with Gasteiger partial charge < -0.3 is 14.6 Å². The van der Waals surface area contributed by atoms with Crippen LogP contribution in [-0.2, 0) is 27.5 Å². The molecule has 1 N–H and O–H groups in total. The summed E-state index contributed by atoms with van der Waals surface area (Å²) in [5.41, 5.74) is 1.80. The number of esters is 1. The van der Waals surface area contributed by atoms with Gasteiger partial charge in [0, 0.05) is 6.08 Å². The summed E-state index contributed by atoms with van der Waals surface area (Å²) in [6, 6.07) is 16.8. The number of hydrogen-bond acceptors (Lipinski definition) is 5. The van der Waals surface area contributed by atoms with Crippen molar-refractivity contribution in [2.45, 2.75) is 13.2 Å². The number of benzene rings is 2. The predicted octanol–water partition coefficient (Wildman–Crippen LogP) is 2.95. The van der Waals surface area contributed by atoms with Crippen LogP contribution in [-0.4, -0.2) is 16.9 Å². The van der Waals surface area contributed by atoms with Crippen LogP contribution in [0.3, 0.4) is 0 Å². The van der Waals surface area contributed by atoms with Crippen LogP contribution in [0.15, 0.2) is 66.9 Å². The quantitative estimate of drug-likeness (QED) is 0.368. The number of aliphatic hydroxyl groups excluding tert-OH is 1. The van der Waals surface area contributed by atoms with Gasteiger partial charge in [0.1, 0.15) is 19.0 Å². The van der Waals surface area contributed by atoms with E-state index in [4.69, 9.17) is 14.6 Å². The fourth-order valence-electron chi connectivity index (χ4n) is 1.78. The predicted molar refractivity (Wildman–Crippen MR) is 83.8 cm³/mol. The fraction of sp³-hybridized carbons (Fsp3) is 0.111. The molecule has 0 saturated carbocycles. The van der Waals surface area contributed by atoms with E-state index < -0.39 is 11.8 Å². The van der Waals surface area contributed by atoms with Crippen molar-refractivity contribution in [3.8, 4) is 5.75 Å². The average Bonchev–Trinajstić information content (AvgIpc) is 2.60. The number of aliphatic hydroxyl groups is 1. The number of ketones is 1. The Hall–Kier alpha value is -3.08. The number of rotatable bonds is 7. The molecule has 118 valence electrons. The van der Waals surface area contributed by atoms with Crippen LogP contribution in [0.1, 0.15) is 11.1 Å². The first-order chi connectivity index (χ1) is 11.2. The molecule has 0 radical (unpaired) electrons. The Morgan fingerprint density at radius 1 is 0.913 bits per heavy atom. The minimum atomic E-state index is -1.01. The Bertz CT molecular complexity index is 674. The normalized spacial score (nSPS) is 10.4. The monoisotopic (exact) mass is 312 g/mol. The molecule has 0 aliphatic rings. The second kappa shape index (κ2) is 8.38. The van der Waals surface area contributed by atoms with E-state index >= 15 is 0 Å². The zero-order valence-corrected chi connectivity index (χ0v) is 12.3. The van der Waals surface area contributed by atoms with Crippen molar-refractivity contribution in [3.05, 3.63) is 78.1 Å². The summed E-state index contributed by atoms with van der Waals surface area (Å²) in [6.07, 6.45) is 1.24. The zero-order chi connectivity index (χ0) is 16.5. The molecule has 0 atom stereocenters. The maximum absolute atomic E-state index is 11.3. The van der Waals surface area contributed by atoms with Crippen molar-refractivity contribution < 1.29 is 24.2 Å². The summed E-state index contributed by atoms with van der Waals surface area (Å²) < 4.78 is 10.5. The number of hydrogen-bond donors (Lipinski definition) is 1. The van der Waals surface area contributed by atoms with Crippen molar-refractivity contribution in [1.29, 1.82) is 0 Å². The zero-order valence-electron chi connectivity index (χ0n) is 12.3. The van der Waals surface area contributed by atoms with E-state index in [0.717, 1.165) is 17.2 Å². The van der Waals surface area contributed by atoms with Crippen LogP contribution in [0.25, 0.3) is 0 Å². The molecule has 0 aliphatic carbocycles. The van der Waals surface area contributed by atoms with Crippen LogP contribution in [0.2, 0.25) is 0 Å². The minimum Gasteiger partial charge on any atom is -0.515 e. The Balaban J connectivity index is 1.82. The van der Waals surface area contributed by atoms with Gasteiger partial charge in [-0.2, -0.15) is 0 Å². The first-order valence-electron chi connectivity index (χ1n) is 6.96. The Kier molecular flexibility index (Phi) is 5.94. The van der Waals surface area contributed by atoms with E-state index in [1.807, 2.05) is 30.3 Å². The van der Waals surface area contributed by atoms with E-state index in [9.17, 15) is 9.59 Å². The molecule has 2 aromatic rings. The summed E-state index contributed by atoms with van der Waals surface area (Å²) >= 11 is 0. The molecule has 2 rings (SSSR count). The lowest BCUT2D eigenvalue weighted by atomic mass is 10.2. The topological polar surface area (TPSA) is 72.8 Å². The number of carbonyl (C=O) groups excluding carboxylic acids is 2. The van der Waals surface area contributed by atoms with E-state index in [1.165, 1.54) is 0 Å². The first kappa shape index (κ1) is 16.3. The molecule has 0 amide bonds. The fourth-order valence-corrected chi connectivity index (χ4v) is 1.78. The van der Waals surface area contributed by atoms with Crippen molar-refractivity contribution in [3.63, 3.8) is 0 Å². The van der Waals surface area contributed by atoms with Crippen molar-refractivity contribution in [1.82, 2.24) is 0 Å². The Morgan fingerprint density at radius 2 is 1.57 bits per heavy atom. The number of ether oxygens (including phenoxy) is 2. The molecule has 0 heterocycles. The molecular formula is C18H16O5. The molecule has 0 unspecified atom stereocenters. The summed E-state index contributed by atoms with van der Waals surface area (Å²) in [7, 11) is 0. The highest BCUT2D eigenvalue weighted by molar-refractivity contribution is 6.38.